The van der Waals surface area contributed by atoms with E-state index in [-0.39, 0.29) is 12.3 Å². The summed E-state index contributed by atoms with van der Waals surface area (Å²) in [5.41, 5.74) is -3.02. The van der Waals surface area contributed by atoms with Gasteiger partial charge in [-0.1, -0.05) is 13.8 Å². The van der Waals surface area contributed by atoms with Gasteiger partial charge in [0.25, 0.3) is 0 Å². The van der Waals surface area contributed by atoms with Crippen molar-refractivity contribution in [3.05, 3.63) is 0 Å². The Morgan fingerprint density at radius 1 is 0.967 bits per heavy atom. The van der Waals surface area contributed by atoms with Gasteiger partial charge in [0, 0.05) is 39.1 Å². The highest BCUT2D eigenvalue weighted by Crippen LogP contribution is 2.36. The van der Waals surface area contributed by atoms with Crippen molar-refractivity contribution >= 4 is 18.0 Å². The Morgan fingerprint density at radius 2 is 1.50 bits per heavy atom. The van der Waals surface area contributed by atoms with Gasteiger partial charge in [-0.3, -0.25) is 4.79 Å². The van der Waals surface area contributed by atoms with Crippen molar-refractivity contribution in [2.45, 2.75) is 85.0 Å². The van der Waals surface area contributed by atoms with Gasteiger partial charge >= 0.3 is 12.2 Å². The Bertz CT molecular complexity index is 647. The van der Waals surface area contributed by atoms with Crippen molar-refractivity contribution in [2.75, 3.05) is 33.8 Å². The third kappa shape index (κ3) is 7.15. The summed E-state index contributed by atoms with van der Waals surface area (Å²) in [5, 5.41) is 0. The van der Waals surface area contributed by atoms with Crippen LogP contribution in [0.5, 0.6) is 0 Å². The first kappa shape index (κ1) is 26.2. The molecule has 30 heavy (non-hydrogen) atoms. The van der Waals surface area contributed by atoms with Gasteiger partial charge in [-0.15, -0.1) is 0 Å². The van der Waals surface area contributed by atoms with Gasteiger partial charge in [-0.2, -0.15) is 0 Å². The van der Waals surface area contributed by atoms with Crippen molar-refractivity contribution in [1.29, 1.82) is 0 Å². The number of carbonyl (C=O) groups is 3. The summed E-state index contributed by atoms with van der Waals surface area (Å²) in [5.74, 6) is -0.0823. The number of ether oxygens (including phenoxy) is 3. The number of methoxy groups -OCH3 is 1. The van der Waals surface area contributed by atoms with Crippen LogP contribution in [-0.4, -0.2) is 78.4 Å². The summed E-state index contributed by atoms with van der Waals surface area (Å²) in [6.07, 6.45) is -0.0210. The van der Waals surface area contributed by atoms with Gasteiger partial charge in [0.05, 0.1) is 6.54 Å². The van der Waals surface area contributed by atoms with Gasteiger partial charge < -0.3 is 24.0 Å². The molecule has 0 aliphatic carbocycles. The molecule has 174 valence electrons. The van der Waals surface area contributed by atoms with E-state index in [9.17, 15) is 14.4 Å². The third-order valence-corrected chi connectivity index (χ3v) is 5.08. The van der Waals surface area contributed by atoms with Crippen LogP contribution < -0.4 is 0 Å². The number of carbonyl (C=O) groups excluding carboxylic acids is 3. The summed E-state index contributed by atoms with van der Waals surface area (Å²) in [7, 11) is 3.15. The Balaban J connectivity index is 2.80. The molecule has 8 nitrogen and oxygen atoms in total. The van der Waals surface area contributed by atoms with Gasteiger partial charge in [0.1, 0.15) is 16.8 Å². The molecule has 1 heterocycles. The zero-order valence-corrected chi connectivity index (χ0v) is 20.4. The lowest BCUT2D eigenvalue weighted by atomic mass is 9.75. The summed E-state index contributed by atoms with van der Waals surface area (Å²) in [6.45, 7) is 15.4. The van der Waals surface area contributed by atoms with Gasteiger partial charge in [-0.25, -0.2) is 9.59 Å². The van der Waals surface area contributed by atoms with E-state index in [2.05, 4.69) is 0 Å². The molecule has 0 spiro atoms. The lowest BCUT2D eigenvalue weighted by molar-refractivity contribution is -0.149. The lowest BCUT2D eigenvalue weighted by Gasteiger charge is -2.35. The van der Waals surface area contributed by atoms with Crippen molar-refractivity contribution in [3.63, 3.8) is 0 Å². The number of amides is 2. The predicted octanol–water partition coefficient (Wildman–Crippen LogP) is 3.86. The molecule has 1 rings (SSSR count). The number of Topliss-reactive ketones (excluding diaryl/α,β-unsaturated/α-hetero) is 1. The maximum Gasteiger partial charge on any atom is 0.410 e. The summed E-state index contributed by atoms with van der Waals surface area (Å²) < 4.78 is 16.5. The second-order valence-electron chi connectivity index (χ2n) is 10.7. The average Bonchev–Trinajstić information content (AvgIpc) is 3.02. The molecule has 1 saturated heterocycles. The Hall–Kier alpha value is -1.83. The topological polar surface area (TPSA) is 85.4 Å². The number of hydrogen-bond acceptors (Lipinski definition) is 6. The standard InChI is InChI=1S/C22H40N2O6/c1-19(2,3)29-17(26)23(9)13-11-21(7,8)16(25)22(28-10)12-14-24(15-22)18(27)30-20(4,5)6/h11-15H2,1-10H3. The number of ketones is 1. The molecule has 2 amide bonds. The van der Waals surface area contributed by atoms with Crippen LogP contribution >= 0.6 is 0 Å². The zero-order valence-electron chi connectivity index (χ0n) is 20.4. The van der Waals surface area contributed by atoms with Crippen molar-refractivity contribution in [2.24, 2.45) is 5.41 Å². The molecule has 0 bridgehead atoms. The quantitative estimate of drug-likeness (QED) is 0.638. The molecule has 0 radical (unpaired) electrons. The highest BCUT2D eigenvalue weighted by atomic mass is 16.6. The van der Waals surface area contributed by atoms with E-state index in [1.54, 1.807) is 27.8 Å². The molecule has 1 unspecified atom stereocenters. The van der Waals surface area contributed by atoms with E-state index in [1.807, 2.05) is 34.6 Å². The van der Waals surface area contributed by atoms with Crippen molar-refractivity contribution < 1.29 is 28.6 Å². The monoisotopic (exact) mass is 428 g/mol. The van der Waals surface area contributed by atoms with Crippen LogP contribution in [0.4, 0.5) is 9.59 Å². The molecular formula is C22H40N2O6. The van der Waals surface area contributed by atoms with Crippen LogP contribution in [-0.2, 0) is 19.0 Å². The molecule has 8 heteroatoms. The second kappa shape index (κ2) is 9.12. The zero-order chi connectivity index (χ0) is 23.5. The van der Waals surface area contributed by atoms with Gasteiger partial charge in [0.2, 0.25) is 0 Å². The molecule has 1 aliphatic heterocycles. The molecule has 0 N–H and O–H groups in total. The maximum atomic E-state index is 13.4. The second-order valence-corrected chi connectivity index (χ2v) is 10.7. The van der Waals surface area contributed by atoms with Crippen molar-refractivity contribution in [3.8, 4) is 0 Å². The van der Waals surface area contributed by atoms with Crippen LogP contribution in [0.15, 0.2) is 0 Å². The first-order chi connectivity index (χ1) is 13.4. The van der Waals surface area contributed by atoms with Crippen molar-refractivity contribution in [1.82, 2.24) is 9.80 Å². The highest BCUT2D eigenvalue weighted by molar-refractivity contribution is 5.93. The smallest absolute Gasteiger partial charge is 0.410 e. The number of hydrogen-bond donors (Lipinski definition) is 0. The number of rotatable bonds is 6. The maximum absolute atomic E-state index is 13.4. The fraction of sp³-hybridized carbons (Fsp3) is 0.864. The van der Waals surface area contributed by atoms with E-state index in [0.717, 1.165) is 0 Å². The molecule has 0 aromatic rings. The predicted molar refractivity (Wildman–Crippen MR) is 114 cm³/mol. The molecule has 1 aliphatic rings. The van der Waals surface area contributed by atoms with E-state index in [1.165, 1.54) is 16.9 Å². The van der Waals surface area contributed by atoms with Crippen LogP contribution in [0.3, 0.4) is 0 Å². The van der Waals surface area contributed by atoms with Crippen LogP contribution in [0.2, 0.25) is 0 Å². The molecule has 0 saturated carbocycles. The highest BCUT2D eigenvalue weighted by Gasteiger charge is 2.51. The van der Waals surface area contributed by atoms with E-state index >= 15 is 0 Å². The van der Waals surface area contributed by atoms with E-state index in [4.69, 9.17) is 14.2 Å². The third-order valence-electron chi connectivity index (χ3n) is 5.08. The molecule has 1 atom stereocenters. The normalized spacial score (nSPS) is 20.1. The Kier molecular flexibility index (Phi) is 7.97. The van der Waals surface area contributed by atoms with Crippen LogP contribution in [0.25, 0.3) is 0 Å². The minimum absolute atomic E-state index is 0.0823. The fourth-order valence-electron chi connectivity index (χ4n) is 3.32. The minimum Gasteiger partial charge on any atom is -0.444 e. The fourth-order valence-corrected chi connectivity index (χ4v) is 3.32. The van der Waals surface area contributed by atoms with Crippen LogP contribution in [0, 0.1) is 5.41 Å². The van der Waals surface area contributed by atoms with E-state index < -0.39 is 34.4 Å². The SMILES string of the molecule is COC1(C(=O)C(C)(C)CCN(C)C(=O)OC(C)(C)C)CCN(C(=O)OC(C)(C)C)C1. The first-order valence-electron chi connectivity index (χ1n) is 10.4. The minimum atomic E-state index is -1.08. The molecule has 0 aromatic carbocycles. The first-order valence-corrected chi connectivity index (χ1v) is 10.4. The number of likely N-dealkylation sites (tertiary alicyclic amines) is 1. The largest absolute Gasteiger partial charge is 0.444 e. The molecule has 1 fully saturated rings. The number of nitrogens with zero attached hydrogens (tertiary/aromatic N) is 2. The molecule has 0 aromatic heterocycles. The van der Waals surface area contributed by atoms with Gasteiger partial charge in [-0.05, 0) is 48.0 Å². The molecular weight excluding hydrogens is 388 g/mol. The average molecular weight is 429 g/mol. The van der Waals surface area contributed by atoms with Gasteiger partial charge in [0.15, 0.2) is 5.78 Å². The summed E-state index contributed by atoms with van der Waals surface area (Å²) in [4.78, 5) is 41.1. The summed E-state index contributed by atoms with van der Waals surface area (Å²) in [6, 6.07) is 0. The summed E-state index contributed by atoms with van der Waals surface area (Å²) >= 11 is 0. The lowest BCUT2D eigenvalue weighted by Crippen LogP contribution is -2.51. The van der Waals surface area contributed by atoms with E-state index in [0.29, 0.717) is 25.9 Å². The van der Waals surface area contributed by atoms with Crippen LogP contribution in [0.1, 0.15) is 68.2 Å². The Morgan fingerprint density at radius 3 is 1.97 bits per heavy atom. The Labute approximate surface area is 181 Å².